The highest BCUT2D eigenvalue weighted by Crippen LogP contribution is 2.25. The molecule has 112 valence electrons. The topological polar surface area (TPSA) is 69.6 Å². The van der Waals surface area contributed by atoms with Crippen LogP contribution in [0.2, 0.25) is 0 Å². The predicted octanol–water partition coefficient (Wildman–Crippen LogP) is 2.68. The minimum absolute atomic E-state index is 0.0221. The monoisotopic (exact) mass is 287 g/mol. The van der Waals surface area contributed by atoms with Crippen LogP contribution in [0.1, 0.15) is 30.6 Å². The molecule has 0 saturated carbocycles. The molecule has 0 atom stereocenters. The van der Waals surface area contributed by atoms with Gasteiger partial charge in [-0.1, -0.05) is 38.1 Å². The maximum Gasteiger partial charge on any atom is 0.255 e. The molecule has 0 aromatic heterocycles. The van der Waals surface area contributed by atoms with Crippen molar-refractivity contribution in [2.75, 3.05) is 13.2 Å². The molecule has 4 nitrogen and oxygen atoms in total. The molecular weight excluding hydrogens is 266 g/mol. The summed E-state index contributed by atoms with van der Waals surface area (Å²) in [6.07, 6.45) is 0.608. The second-order valence-electron chi connectivity index (χ2n) is 6.04. The Labute approximate surface area is 124 Å². The van der Waals surface area contributed by atoms with Crippen molar-refractivity contribution < 1.29 is 15.0 Å². The lowest BCUT2D eigenvalue weighted by Gasteiger charge is -2.24. The average molecular weight is 287 g/mol. The Hall–Kier alpha value is -2.07. The lowest BCUT2D eigenvalue weighted by molar-refractivity contribution is 0.0925. The van der Waals surface area contributed by atoms with Crippen molar-refractivity contribution in [3.05, 3.63) is 42.0 Å². The summed E-state index contributed by atoms with van der Waals surface area (Å²) in [5, 5.41) is 23.6. The number of aromatic hydroxyl groups is 1. The van der Waals surface area contributed by atoms with Crippen LogP contribution in [0.5, 0.6) is 5.75 Å². The fourth-order valence-electron chi connectivity index (χ4n) is 2.22. The summed E-state index contributed by atoms with van der Waals surface area (Å²) in [4.78, 5) is 12.2. The number of amides is 1. The van der Waals surface area contributed by atoms with Crippen molar-refractivity contribution in [2.24, 2.45) is 5.41 Å². The second kappa shape index (κ2) is 6.14. The van der Waals surface area contributed by atoms with Gasteiger partial charge in [-0.15, -0.1) is 0 Å². The number of rotatable bonds is 5. The normalized spacial score (nSPS) is 11.6. The molecule has 0 unspecified atom stereocenters. The van der Waals surface area contributed by atoms with Gasteiger partial charge in [-0.2, -0.15) is 0 Å². The predicted molar refractivity (Wildman–Crippen MR) is 83.4 cm³/mol. The summed E-state index contributed by atoms with van der Waals surface area (Å²) in [7, 11) is 0. The van der Waals surface area contributed by atoms with Gasteiger partial charge >= 0.3 is 0 Å². The van der Waals surface area contributed by atoms with Crippen molar-refractivity contribution >= 4 is 16.7 Å². The van der Waals surface area contributed by atoms with Crippen LogP contribution in [0.25, 0.3) is 10.8 Å². The van der Waals surface area contributed by atoms with Crippen molar-refractivity contribution in [1.29, 1.82) is 0 Å². The summed E-state index contributed by atoms with van der Waals surface area (Å²) < 4.78 is 0. The number of aliphatic hydroxyl groups excluding tert-OH is 1. The number of carbonyl (C=O) groups excluding carboxylic acids is 1. The van der Waals surface area contributed by atoms with E-state index in [-0.39, 0.29) is 29.2 Å². The molecule has 0 radical (unpaired) electrons. The number of fused-ring (bicyclic) bond motifs is 1. The molecule has 0 saturated heterocycles. The molecule has 4 heteroatoms. The number of aliphatic hydroxyl groups is 1. The minimum atomic E-state index is -0.302. The van der Waals surface area contributed by atoms with E-state index in [1.165, 1.54) is 0 Å². The van der Waals surface area contributed by atoms with Crippen LogP contribution in [0.4, 0.5) is 0 Å². The SMILES string of the molecule is CC(C)(CCO)CNC(=O)c1cc2ccccc2cc1O. The summed E-state index contributed by atoms with van der Waals surface area (Å²) in [6, 6.07) is 10.9. The first kappa shape index (κ1) is 15.3. The summed E-state index contributed by atoms with van der Waals surface area (Å²) >= 11 is 0. The van der Waals surface area contributed by atoms with Crippen LogP contribution in [-0.2, 0) is 0 Å². The van der Waals surface area contributed by atoms with E-state index in [4.69, 9.17) is 5.11 Å². The first-order chi connectivity index (χ1) is 9.93. The van der Waals surface area contributed by atoms with E-state index in [0.29, 0.717) is 13.0 Å². The van der Waals surface area contributed by atoms with Gasteiger partial charge in [-0.3, -0.25) is 4.79 Å². The van der Waals surface area contributed by atoms with Crippen molar-refractivity contribution in [3.63, 3.8) is 0 Å². The number of nitrogens with one attached hydrogen (secondary N) is 1. The number of carbonyl (C=O) groups is 1. The molecular formula is C17H21NO3. The molecule has 3 N–H and O–H groups in total. The number of phenolic OH excluding ortho intramolecular Hbond substituents is 1. The van der Waals surface area contributed by atoms with E-state index in [1.54, 1.807) is 12.1 Å². The highest BCUT2D eigenvalue weighted by Gasteiger charge is 2.20. The molecule has 1 amide bonds. The quantitative estimate of drug-likeness (QED) is 0.792. The van der Waals surface area contributed by atoms with E-state index in [9.17, 15) is 9.90 Å². The van der Waals surface area contributed by atoms with Gasteiger partial charge in [-0.05, 0) is 34.7 Å². The van der Waals surface area contributed by atoms with Gasteiger partial charge in [0.2, 0.25) is 0 Å². The molecule has 0 heterocycles. The second-order valence-corrected chi connectivity index (χ2v) is 6.04. The summed E-state index contributed by atoms with van der Waals surface area (Å²) in [5.74, 6) is -0.324. The van der Waals surface area contributed by atoms with Gasteiger partial charge in [0.15, 0.2) is 0 Å². The smallest absolute Gasteiger partial charge is 0.255 e. The van der Waals surface area contributed by atoms with Gasteiger partial charge in [0.1, 0.15) is 5.75 Å². The van der Waals surface area contributed by atoms with Gasteiger partial charge in [0, 0.05) is 13.2 Å². The van der Waals surface area contributed by atoms with Crippen molar-refractivity contribution in [1.82, 2.24) is 5.32 Å². The Kier molecular flexibility index (Phi) is 4.48. The van der Waals surface area contributed by atoms with Crippen molar-refractivity contribution in [2.45, 2.75) is 20.3 Å². The highest BCUT2D eigenvalue weighted by atomic mass is 16.3. The third-order valence-electron chi connectivity index (χ3n) is 3.62. The maximum absolute atomic E-state index is 12.2. The number of phenols is 1. The van der Waals surface area contributed by atoms with Crippen molar-refractivity contribution in [3.8, 4) is 5.75 Å². The zero-order chi connectivity index (χ0) is 15.5. The van der Waals surface area contributed by atoms with Crippen LogP contribution < -0.4 is 5.32 Å². The first-order valence-electron chi connectivity index (χ1n) is 7.04. The largest absolute Gasteiger partial charge is 0.507 e. The van der Waals surface area contributed by atoms with Gasteiger partial charge in [0.25, 0.3) is 5.91 Å². The lowest BCUT2D eigenvalue weighted by Crippen LogP contribution is -2.34. The van der Waals surface area contributed by atoms with Crippen LogP contribution in [0, 0.1) is 5.41 Å². The molecule has 21 heavy (non-hydrogen) atoms. The van der Waals surface area contributed by atoms with E-state index < -0.39 is 0 Å². The molecule has 0 aliphatic rings. The maximum atomic E-state index is 12.2. The highest BCUT2D eigenvalue weighted by molar-refractivity contribution is 6.01. The first-order valence-corrected chi connectivity index (χ1v) is 7.04. The molecule has 0 bridgehead atoms. The van der Waals surface area contributed by atoms with E-state index >= 15 is 0 Å². The molecule has 0 fully saturated rings. The third kappa shape index (κ3) is 3.73. The van der Waals surface area contributed by atoms with Gasteiger partial charge < -0.3 is 15.5 Å². The van der Waals surface area contributed by atoms with Crippen LogP contribution in [0.3, 0.4) is 0 Å². The van der Waals surface area contributed by atoms with Gasteiger partial charge in [0.05, 0.1) is 5.56 Å². The number of hydrogen-bond acceptors (Lipinski definition) is 3. The Bertz CT molecular complexity index is 650. The Morgan fingerprint density at radius 2 is 1.81 bits per heavy atom. The zero-order valence-corrected chi connectivity index (χ0v) is 12.4. The Morgan fingerprint density at radius 1 is 1.19 bits per heavy atom. The molecule has 0 spiro atoms. The average Bonchev–Trinajstić information content (AvgIpc) is 2.44. The van der Waals surface area contributed by atoms with Crippen LogP contribution in [0.15, 0.2) is 36.4 Å². The van der Waals surface area contributed by atoms with E-state index in [1.807, 2.05) is 38.1 Å². The number of hydrogen-bond donors (Lipinski definition) is 3. The molecule has 2 aromatic rings. The molecule has 0 aliphatic heterocycles. The fraction of sp³-hybridized carbons (Fsp3) is 0.353. The van der Waals surface area contributed by atoms with Crippen LogP contribution in [-0.4, -0.2) is 29.3 Å². The molecule has 0 aliphatic carbocycles. The standard InChI is InChI=1S/C17H21NO3/c1-17(2,7-8-19)11-18-16(21)14-9-12-5-3-4-6-13(12)10-15(14)20/h3-6,9-10,19-20H,7-8,11H2,1-2H3,(H,18,21). The number of benzene rings is 2. The Morgan fingerprint density at radius 3 is 2.43 bits per heavy atom. The summed E-state index contributed by atoms with van der Waals surface area (Å²) in [6.45, 7) is 4.48. The zero-order valence-electron chi connectivity index (χ0n) is 12.4. The van der Waals surface area contributed by atoms with Gasteiger partial charge in [-0.25, -0.2) is 0 Å². The molecule has 2 aromatic carbocycles. The minimum Gasteiger partial charge on any atom is -0.507 e. The lowest BCUT2D eigenvalue weighted by atomic mass is 9.89. The van der Waals surface area contributed by atoms with Crippen LogP contribution >= 0.6 is 0 Å². The van der Waals surface area contributed by atoms with E-state index in [2.05, 4.69) is 5.32 Å². The molecule has 2 rings (SSSR count). The van der Waals surface area contributed by atoms with E-state index in [0.717, 1.165) is 10.8 Å². The fourth-order valence-corrected chi connectivity index (χ4v) is 2.22. The Balaban J connectivity index is 2.17. The summed E-state index contributed by atoms with van der Waals surface area (Å²) in [5.41, 5.74) is 0.0881. The third-order valence-corrected chi connectivity index (χ3v) is 3.62.